The van der Waals surface area contributed by atoms with Gasteiger partial charge in [0.15, 0.2) is 5.78 Å². The number of piperidine rings is 1. The number of aromatic nitrogens is 1. The van der Waals surface area contributed by atoms with Gasteiger partial charge in [0.25, 0.3) is 5.56 Å². The summed E-state index contributed by atoms with van der Waals surface area (Å²) in [4.78, 5) is 39.4. The lowest BCUT2D eigenvalue weighted by atomic mass is 9.92. The fourth-order valence-electron chi connectivity index (χ4n) is 3.55. The molecule has 1 saturated heterocycles. The largest absolute Gasteiger partial charge is 0.465 e. The minimum Gasteiger partial charge on any atom is -0.465 e. The van der Waals surface area contributed by atoms with E-state index in [1.807, 2.05) is 30.3 Å². The molecule has 0 saturated carbocycles. The minimum absolute atomic E-state index is 0.00479. The number of hydrogen-bond donors (Lipinski definition) is 1. The summed E-state index contributed by atoms with van der Waals surface area (Å²) in [5.41, 5.74) is 0.599. The van der Waals surface area contributed by atoms with Crippen LogP contribution in [0.5, 0.6) is 0 Å². The number of hydrogen-bond acceptors (Lipinski definition) is 4. The first kappa shape index (κ1) is 18.9. The van der Waals surface area contributed by atoms with E-state index in [-0.39, 0.29) is 17.3 Å². The van der Waals surface area contributed by atoms with Gasteiger partial charge in [-0.15, -0.1) is 11.3 Å². The number of amides is 1. The highest BCUT2D eigenvalue weighted by atomic mass is 79.9. The number of pyridine rings is 1. The van der Waals surface area contributed by atoms with E-state index in [1.54, 1.807) is 10.6 Å². The predicted octanol–water partition coefficient (Wildman–Crippen LogP) is 4.39. The fourth-order valence-corrected chi connectivity index (χ4v) is 5.67. The van der Waals surface area contributed by atoms with Crippen LogP contribution in [-0.4, -0.2) is 39.5 Å². The number of likely N-dealkylation sites (tertiary alicyclic amines) is 1. The number of benzene rings is 1. The highest BCUT2D eigenvalue weighted by molar-refractivity contribution is 9.10. The zero-order valence-electron chi connectivity index (χ0n) is 14.8. The smallest absolute Gasteiger partial charge is 0.407 e. The van der Waals surface area contributed by atoms with Crippen molar-refractivity contribution in [2.75, 3.05) is 13.1 Å². The summed E-state index contributed by atoms with van der Waals surface area (Å²) < 4.78 is 2.32. The van der Waals surface area contributed by atoms with Crippen LogP contribution >= 0.6 is 27.3 Å². The Bertz CT molecular complexity index is 1110. The summed E-state index contributed by atoms with van der Waals surface area (Å²) in [6.45, 7) is 0.728. The van der Waals surface area contributed by atoms with Crippen molar-refractivity contribution >= 4 is 49.4 Å². The summed E-state index contributed by atoms with van der Waals surface area (Å²) in [5, 5.41) is 9.91. The van der Waals surface area contributed by atoms with Crippen molar-refractivity contribution in [3.05, 3.63) is 62.2 Å². The summed E-state index contributed by atoms with van der Waals surface area (Å²) >= 11 is 4.86. The van der Waals surface area contributed by atoms with Crippen molar-refractivity contribution in [2.24, 2.45) is 5.92 Å². The first-order valence-corrected chi connectivity index (χ1v) is 10.5. The molecule has 1 aliphatic heterocycles. The molecule has 0 unspecified atom stereocenters. The van der Waals surface area contributed by atoms with E-state index in [1.165, 1.54) is 22.3 Å². The normalized spacial score (nSPS) is 15.1. The molecule has 3 aromatic rings. The van der Waals surface area contributed by atoms with Crippen LogP contribution in [0.4, 0.5) is 4.79 Å². The van der Waals surface area contributed by atoms with Gasteiger partial charge < -0.3 is 10.0 Å². The molecule has 0 bridgehead atoms. The van der Waals surface area contributed by atoms with Crippen molar-refractivity contribution < 1.29 is 14.7 Å². The maximum absolute atomic E-state index is 13.1. The summed E-state index contributed by atoms with van der Waals surface area (Å²) in [6.07, 6.45) is 0.0788. The molecule has 4 rings (SSSR count). The van der Waals surface area contributed by atoms with Crippen LogP contribution in [-0.2, 0) is 0 Å². The summed E-state index contributed by atoms with van der Waals surface area (Å²) in [6, 6.07) is 12.6. The van der Waals surface area contributed by atoms with Crippen molar-refractivity contribution in [2.45, 2.75) is 12.8 Å². The van der Waals surface area contributed by atoms with E-state index in [0.29, 0.717) is 35.3 Å². The lowest BCUT2D eigenvalue weighted by Crippen LogP contribution is -2.39. The molecular formula is C20H17BrN2O4S. The number of para-hydroxylation sites is 1. The standard InChI is InChI=1S/C20H17BrN2O4S/c21-16-14-6-7-15(24)23(13-4-2-1-3-5-13)19(14)28-18(16)17(25)12-8-10-22(11-9-12)20(26)27/h1-7,12H,8-11H2,(H,26,27). The summed E-state index contributed by atoms with van der Waals surface area (Å²) in [7, 11) is 0. The molecule has 8 heteroatoms. The number of thiophene rings is 1. The lowest BCUT2D eigenvalue weighted by Gasteiger charge is -2.28. The van der Waals surface area contributed by atoms with Crippen LogP contribution in [0.25, 0.3) is 15.9 Å². The molecule has 1 amide bonds. The number of halogens is 1. The molecule has 1 aromatic carbocycles. The first-order valence-electron chi connectivity index (χ1n) is 8.89. The highest BCUT2D eigenvalue weighted by Gasteiger charge is 2.30. The van der Waals surface area contributed by atoms with E-state index in [2.05, 4.69) is 15.9 Å². The Balaban J connectivity index is 1.73. The Morgan fingerprint density at radius 1 is 1.07 bits per heavy atom. The third kappa shape index (κ3) is 3.27. The number of fused-ring (bicyclic) bond motifs is 1. The average Bonchev–Trinajstić information content (AvgIpc) is 3.04. The SMILES string of the molecule is O=C(c1sc2c(ccc(=O)n2-c2ccccc2)c1Br)C1CCN(C(=O)O)CC1. The number of carbonyl (C=O) groups excluding carboxylic acids is 1. The van der Waals surface area contributed by atoms with Gasteiger partial charge in [-0.3, -0.25) is 14.2 Å². The monoisotopic (exact) mass is 460 g/mol. The van der Waals surface area contributed by atoms with Crippen molar-refractivity contribution in [1.29, 1.82) is 0 Å². The molecule has 1 N–H and O–H groups in total. The van der Waals surface area contributed by atoms with E-state index in [4.69, 9.17) is 5.11 Å². The molecule has 0 atom stereocenters. The second-order valence-corrected chi connectivity index (χ2v) is 8.51. The van der Waals surface area contributed by atoms with Gasteiger partial charge >= 0.3 is 6.09 Å². The molecule has 28 heavy (non-hydrogen) atoms. The van der Waals surface area contributed by atoms with E-state index in [0.717, 1.165) is 15.9 Å². The lowest BCUT2D eigenvalue weighted by molar-refractivity contribution is 0.0824. The highest BCUT2D eigenvalue weighted by Crippen LogP contribution is 2.38. The Morgan fingerprint density at radius 3 is 2.39 bits per heavy atom. The number of rotatable bonds is 3. The number of Topliss-reactive ketones (excluding diaryl/α,β-unsaturated/α-hetero) is 1. The number of carboxylic acid groups (broad SMARTS) is 1. The van der Waals surface area contributed by atoms with Crippen LogP contribution in [0.15, 0.2) is 51.7 Å². The fraction of sp³-hybridized carbons (Fsp3) is 0.250. The van der Waals surface area contributed by atoms with Gasteiger partial charge in [-0.1, -0.05) is 18.2 Å². The second-order valence-electron chi connectivity index (χ2n) is 6.71. The summed E-state index contributed by atoms with van der Waals surface area (Å²) in [5.74, 6) is -0.206. The molecule has 0 spiro atoms. The third-order valence-electron chi connectivity index (χ3n) is 5.06. The van der Waals surface area contributed by atoms with E-state index < -0.39 is 6.09 Å². The van der Waals surface area contributed by atoms with E-state index >= 15 is 0 Å². The molecular weight excluding hydrogens is 444 g/mol. The van der Waals surface area contributed by atoms with Crippen LogP contribution in [0, 0.1) is 5.92 Å². The minimum atomic E-state index is -0.944. The molecule has 0 radical (unpaired) electrons. The van der Waals surface area contributed by atoms with Crippen LogP contribution in [0.2, 0.25) is 0 Å². The molecule has 3 heterocycles. The Hall–Kier alpha value is -2.45. The van der Waals surface area contributed by atoms with Gasteiger partial charge in [-0.2, -0.15) is 0 Å². The van der Waals surface area contributed by atoms with Crippen molar-refractivity contribution in [3.63, 3.8) is 0 Å². The molecule has 2 aromatic heterocycles. The quantitative estimate of drug-likeness (QED) is 0.587. The second kappa shape index (κ2) is 7.52. The number of carbonyl (C=O) groups is 2. The van der Waals surface area contributed by atoms with Gasteiger partial charge in [0.1, 0.15) is 4.83 Å². The molecule has 6 nitrogen and oxygen atoms in total. The van der Waals surface area contributed by atoms with Crippen LogP contribution < -0.4 is 5.56 Å². The number of ketones is 1. The Kier molecular flexibility index (Phi) is 5.07. The average molecular weight is 461 g/mol. The Morgan fingerprint density at radius 2 is 1.75 bits per heavy atom. The maximum Gasteiger partial charge on any atom is 0.407 e. The van der Waals surface area contributed by atoms with Crippen LogP contribution in [0.1, 0.15) is 22.5 Å². The molecule has 0 aliphatic carbocycles. The molecule has 1 fully saturated rings. The van der Waals surface area contributed by atoms with Gasteiger partial charge in [0.05, 0.1) is 10.6 Å². The van der Waals surface area contributed by atoms with Gasteiger partial charge in [0, 0.05) is 34.9 Å². The van der Waals surface area contributed by atoms with Gasteiger partial charge in [-0.25, -0.2) is 4.79 Å². The Labute approximate surface area is 173 Å². The maximum atomic E-state index is 13.1. The number of nitrogens with zero attached hydrogens (tertiary/aromatic N) is 2. The predicted molar refractivity (Wildman–Crippen MR) is 112 cm³/mol. The molecule has 1 aliphatic rings. The topological polar surface area (TPSA) is 79.6 Å². The van der Waals surface area contributed by atoms with Gasteiger partial charge in [-0.05, 0) is 47.0 Å². The van der Waals surface area contributed by atoms with Crippen LogP contribution in [0.3, 0.4) is 0 Å². The van der Waals surface area contributed by atoms with Crippen molar-refractivity contribution in [1.82, 2.24) is 9.47 Å². The first-order chi connectivity index (χ1) is 13.5. The zero-order valence-corrected chi connectivity index (χ0v) is 17.2. The molecule has 144 valence electrons. The van der Waals surface area contributed by atoms with E-state index in [9.17, 15) is 14.4 Å². The van der Waals surface area contributed by atoms with Gasteiger partial charge in [0.2, 0.25) is 0 Å². The van der Waals surface area contributed by atoms with Crippen molar-refractivity contribution in [3.8, 4) is 5.69 Å². The zero-order chi connectivity index (χ0) is 19.8. The third-order valence-corrected chi connectivity index (χ3v) is 7.35.